The molecule has 0 radical (unpaired) electrons. The molecule has 2 aromatic rings. The quantitative estimate of drug-likeness (QED) is 0.503. The molecule has 0 spiro atoms. The molecule has 1 aliphatic carbocycles. The Hall–Kier alpha value is -2.78. The zero-order valence-electron chi connectivity index (χ0n) is 18.6. The van der Waals surface area contributed by atoms with Crippen LogP contribution in [-0.2, 0) is 16.4 Å². The van der Waals surface area contributed by atoms with Crippen LogP contribution in [0.15, 0.2) is 41.3 Å². The zero-order valence-corrected chi connectivity index (χ0v) is 19.5. The second-order valence-electron chi connectivity index (χ2n) is 7.41. The van der Waals surface area contributed by atoms with Crippen LogP contribution in [0.25, 0.3) is 0 Å². The van der Waals surface area contributed by atoms with Crippen molar-refractivity contribution in [1.29, 1.82) is 0 Å². The first kappa shape index (κ1) is 23.9. The van der Waals surface area contributed by atoms with E-state index in [1.807, 2.05) is 32.0 Å². The molecule has 1 saturated carbocycles. The van der Waals surface area contributed by atoms with Gasteiger partial charge in [0.1, 0.15) is 10.6 Å². The number of amides is 1. The Balaban J connectivity index is 1.66. The van der Waals surface area contributed by atoms with E-state index < -0.39 is 10.0 Å². The largest absolute Gasteiger partial charge is 0.495 e. The van der Waals surface area contributed by atoms with Crippen molar-refractivity contribution in [3.63, 3.8) is 0 Å². The third-order valence-corrected chi connectivity index (χ3v) is 6.46. The first-order chi connectivity index (χ1) is 15.4. The van der Waals surface area contributed by atoms with Gasteiger partial charge in [0.05, 0.1) is 20.3 Å². The maximum atomic E-state index is 12.7. The van der Waals surface area contributed by atoms with Gasteiger partial charge in [-0.25, -0.2) is 13.1 Å². The lowest BCUT2D eigenvalue weighted by Gasteiger charge is -2.13. The summed E-state index contributed by atoms with van der Waals surface area (Å²) in [6.45, 7) is 5.28. The molecule has 0 aromatic heterocycles. The van der Waals surface area contributed by atoms with Gasteiger partial charge in [-0.15, -0.1) is 0 Å². The molecule has 0 unspecified atom stereocenters. The Morgan fingerprint density at radius 1 is 1.00 bits per heavy atom. The Morgan fingerprint density at radius 2 is 1.69 bits per heavy atom. The molecule has 0 bridgehead atoms. The monoisotopic (exact) mass is 462 g/mol. The van der Waals surface area contributed by atoms with Gasteiger partial charge in [-0.3, -0.25) is 4.79 Å². The van der Waals surface area contributed by atoms with E-state index in [4.69, 9.17) is 14.2 Å². The van der Waals surface area contributed by atoms with Crippen LogP contribution < -0.4 is 24.2 Å². The van der Waals surface area contributed by atoms with Gasteiger partial charge in [0.15, 0.2) is 11.5 Å². The van der Waals surface area contributed by atoms with Gasteiger partial charge in [-0.05, 0) is 69.0 Å². The number of sulfonamides is 1. The van der Waals surface area contributed by atoms with E-state index in [-0.39, 0.29) is 28.2 Å². The summed E-state index contributed by atoms with van der Waals surface area (Å²) < 4.78 is 44.3. The number of benzene rings is 2. The van der Waals surface area contributed by atoms with Gasteiger partial charge in [-0.2, -0.15) is 0 Å². The molecule has 174 valence electrons. The minimum atomic E-state index is -3.76. The number of rotatable bonds is 12. The van der Waals surface area contributed by atoms with E-state index in [1.54, 1.807) is 6.07 Å². The van der Waals surface area contributed by atoms with Crippen LogP contribution in [0, 0.1) is 0 Å². The van der Waals surface area contributed by atoms with E-state index in [1.165, 1.54) is 19.2 Å². The number of hydrogen-bond acceptors (Lipinski definition) is 6. The van der Waals surface area contributed by atoms with Crippen LogP contribution >= 0.6 is 0 Å². The SMILES string of the molecule is CCOc1ccc(CCNC(=O)c2ccc(OC)c(S(=O)(=O)NC3CC3)c2)cc1OCC. The number of ether oxygens (including phenoxy) is 3. The van der Waals surface area contributed by atoms with E-state index >= 15 is 0 Å². The third kappa shape index (κ3) is 6.14. The zero-order chi connectivity index (χ0) is 23.1. The predicted octanol–water partition coefficient (Wildman–Crippen LogP) is 2.91. The van der Waals surface area contributed by atoms with Crippen molar-refractivity contribution in [2.75, 3.05) is 26.9 Å². The number of carbonyl (C=O) groups excluding carboxylic acids is 1. The van der Waals surface area contributed by atoms with Crippen LogP contribution in [0.5, 0.6) is 17.2 Å². The maximum absolute atomic E-state index is 12.7. The molecule has 0 atom stereocenters. The van der Waals surface area contributed by atoms with Crippen molar-refractivity contribution in [2.45, 2.75) is 44.0 Å². The van der Waals surface area contributed by atoms with Crippen LogP contribution in [-0.4, -0.2) is 47.2 Å². The van der Waals surface area contributed by atoms with Crippen LogP contribution in [0.3, 0.4) is 0 Å². The summed E-state index contributed by atoms with van der Waals surface area (Å²) in [6.07, 6.45) is 2.22. The van der Waals surface area contributed by atoms with E-state index in [9.17, 15) is 13.2 Å². The first-order valence-corrected chi connectivity index (χ1v) is 12.2. The highest BCUT2D eigenvalue weighted by atomic mass is 32.2. The van der Waals surface area contributed by atoms with Crippen molar-refractivity contribution in [3.05, 3.63) is 47.5 Å². The fraction of sp³-hybridized carbons (Fsp3) is 0.435. The number of methoxy groups -OCH3 is 1. The topological polar surface area (TPSA) is 103 Å². The average molecular weight is 463 g/mol. The Labute approximate surface area is 189 Å². The highest BCUT2D eigenvalue weighted by Crippen LogP contribution is 2.29. The van der Waals surface area contributed by atoms with Gasteiger partial charge < -0.3 is 19.5 Å². The normalized spacial score (nSPS) is 13.5. The number of carbonyl (C=O) groups is 1. The summed E-state index contributed by atoms with van der Waals surface area (Å²) >= 11 is 0. The lowest BCUT2D eigenvalue weighted by molar-refractivity contribution is 0.0954. The summed E-state index contributed by atoms with van der Waals surface area (Å²) in [5.41, 5.74) is 1.24. The van der Waals surface area contributed by atoms with Crippen LogP contribution in [0.4, 0.5) is 0 Å². The Morgan fingerprint density at radius 3 is 2.34 bits per heavy atom. The predicted molar refractivity (Wildman–Crippen MR) is 121 cm³/mol. The van der Waals surface area contributed by atoms with Gasteiger partial charge >= 0.3 is 0 Å². The molecule has 9 heteroatoms. The number of nitrogens with one attached hydrogen (secondary N) is 2. The molecule has 8 nitrogen and oxygen atoms in total. The maximum Gasteiger partial charge on any atom is 0.251 e. The first-order valence-electron chi connectivity index (χ1n) is 10.7. The van der Waals surface area contributed by atoms with Crippen LogP contribution in [0.1, 0.15) is 42.6 Å². The molecule has 0 aliphatic heterocycles. The van der Waals surface area contributed by atoms with Crippen molar-refractivity contribution in [3.8, 4) is 17.2 Å². The summed E-state index contributed by atoms with van der Waals surface area (Å²) in [4.78, 5) is 12.6. The molecule has 0 saturated heterocycles. The summed E-state index contributed by atoms with van der Waals surface area (Å²) in [7, 11) is -2.36. The molecule has 1 aliphatic rings. The lowest BCUT2D eigenvalue weighted by atomic mass is 10.1. The molecule has 32 heavy (non-hydrogen) atoms. The molecular weight excluding hydrogens is 432 g/mol. The second kappa shape index (κ2) is 10.7. The highest BCUT2D eigenvalue weighted by molar-refractivity contribution is 7.89. The minimum absolute atomic E-state index is 0.0348. The second-order valence-corrected chi connectivity index (χ2v) is 9.10. The molecule has 2 N–H and O–H groups in total. The van der Waals surface area contributed by atoms with E-state index in [0.717, 1.165) is 18.4 Å². The molecular formula is C23H30N2O6S. The standard InChI is InChI=1S/C23H30N2O6S/c1-4-30-19-10-6-16(14-21(19)31-5-2)12-13-24-23(26)17-7-11-20(29-3)22(15-17)32(27,28)25-18-8-9-18/h6-7,10-11,14-15,18,25H,4-5,8-9,12-13H2,1-3H3,(H,24,26). The fourth-order valence-electron chi connectivity index (χ4n) is 3.19. The van der Waals surface area contributed by atoms with Crippen LogP contribution in [0.2, 0.25) is 0 Å². The van der Waals surface area contributed by atoms with E-state index in [2.05, 4.69) is 10.0 Å². The number of hydrogen-bond donors (Lipinski definition) is 2. The summed E-state index contributed by atoms with van der Waals surface area (Å²) in [6, 6.07) is 10.1. The third-order valence-electron chi connectivity index (χ3n) is 4.92. The smallest absolute Gasteiger partial charge is 0.251 e. The van der Waals surface area contributed by atoms with Gasteiger partial charge in [-0.1, -0.05) is 6.07 Å². The van der Waals surface area contributed by atoms with Gasteiger partial charge in [0, 0.05) is 18.2 Å². The van der Waals surface area contributed by atoms with Crippen molar-refractivity contribution < 1.29 is 27.4 Å². The molecule has 0 heterocycles. The Kier molecular flexibility index (Phi) is 7.98. The summed E-state index contributed by atoms with van der Waals surface area (Å²) in [5, 5.41) is 2.84. The lowest BCUT2D eigenvalue weighted by Crippen LogP contribution is -2.28. The Bertz CT molecular complexity index is 1050. The molecule has 1 amide bonds. The van der Waals surface area contributed by atoms with Gasteiger partial charge in [0.2, 0.25) is 10.0 Å². The molecule has 3 rings (SSSR count). The van der Waals surface area contributed by atoms with Crippen molar-refractivity contribution in [2.24, 2.45) is 0 Å². The summed E-state index contributed by atoms with van der Waals surface area (Å²) in [5.74, 6) is 1.21. The minimum Gasteiger partial charge on any atom is -0.495 e. The molecule has 1 fully saturated rings. The van der Waals surface area contributed by atoms with E-state index in [0.29, 0.717) is 37.7 Å². The average Bonchev–Trinajstić information content (AvgIpc) is 3.58. The van der Waals surface area contributed by atoms with Crippen molar-refractivity contribution >= 4 is 15.9 Å². The highest BCUT2D eigenvalue weighted by Gasteiger charge is 2.30. The fourth-order valence-corrected chi connectivity index (χ4v) is 4.69. The van der Waals surface area contributed by atoms with Crippen molar-refractivity contribution in [1.82, 2.24) is 10.0 Å². The van der Waals surface area contributed by atoms with Gasteiger partial charge in [0.25, 0.3) is 5.91 Å². The molecule has 2 aromatic carbocycles.